The van der Waals surface area contributed by atoms with Gasteiger partial charge in [0, 0.05) is 24.5 Å². The molecule has 1 fully saturated rings. The molecule has 0 saturated carbocycles. The van der Waals surface area contributed by atoms with Crippen molar-refractivity contribution in [2.75, 3.05) is 32.8 Å². The number of carbonyl (C=O) groups excluding carboxylic acids is 1. The molecule has 0 aromatic carbocycles. The van der Waals surface area contributed by atoms with Crippen LogP contribution in [0.2, 0.25) is 0 Å². The Morgan fingerprint density at radius 2 is 2.50 bits per heavy atom. The minimum Gasteiger partial charge on any atom is -0.378 e. The molecular formula is C14H23N3O2S. The maximum absolute atomic E-state index is 12.2. The van der Waals surface area contributed by atoms with E-state index in [4.69, 9.17) is 10.5 Å². The van der Waals surface area contributed by atoms with E-state index in [9.17, 15) is 4.79 Å². The number of nitrogens with zero attached hydrogens (tertiary/aromatic N) is 1. The molecule has 0 radical (unpaired) electrons. The predicted molar refractivity (Wildman–Crippen MR) is 80.8 cm³/mol. The van der Waals surface area contributed by atoms with E-state index in [0.29, 0.717) is 26.3 Å². The van der Waals surface area contributed by atoms with E-state index in [0.717, 1.165) is 6.54 Å². The van der Waals surface area contributed by atoms with Gasteiger partial charge in [0.25, 0.3) is 0 Å². The third kappa shape index (κ3) is 3.20. The Morgan fingerprint density at radius 3 is 3.10 bits per heavy atom. The van der Waals surface area contributed by atoms with E-state index >= 15 is 0 Å². The van der Waals surface area contributed by atoms with Crippen molar-refractivity contribution in [3.8, 4) is 0 Å². The third-order valence-corrected chi connectivity index (χ3v) is 4.77. The molecule has 20 heavy (non-hydrogen) atoms. The van der Waals surface area contributed by atoms with Crippen LogP contribution in [0.3, 0.4) is 0 Å². The highest BCUT2D eigenvalue weighted by molar-refractivity contribution is 7.10. The summed E-state index contributed by atoms with van der Waals surface area (Å²) in [4.78, 5) is 15.7. The smallest absolute Gasteiger partial charge is 0.239 e. The third-order valence-electron chi connectivity index (χ3n) is 3.65. The molecule has 2 atom stereocenters. The molecule has 1 aliphatic rings. The van der Waals surface area contributed by atoms with Crippen molar-refractivity contribution in [1.82, 2.24) is 10.2 Å². The molecule has 1 saturated heterocycles. The van der Waals surface area contributed by atoms with Crippen LogP contribution in [0.5, 0.6) is 0 Å². The molecule has 0 spiro atoms. The minimum absolute atomic E-state index is 0.0276. The summed E-state index contributed by atoms with van der Waals surface area (Å²) in [5, 5.41) is 4.96. The molecule has 1 aliphatic heterocycles. The standard InChI is InChI=1S/C14H23N3O2S/c1-3-16-14(18)12-9-19-6-5-17(12)11(8-15)13-10(2)4-7-20-13/h4,7,11-12H,3,5-6,8-9,15H2,1-2H3,(H,16,18). The van der Waals surface area contributed by atoms with Gasteiger partial charge in [-0.3, -0.25) is 9.69 Å². The summed E-state index contributed by atoms with van der Waals surface area (Å²) in [5.41, 5.74) is 7.23. The zero-order valence-electron chi connectivity index (χ0n) is 12.1. The summed E-state index contributed by atoms with van der Waals surface area (Å²) < 4.78 is 5.48. The van der Waals surface area contributed by atoms with Crippen molar-refractivity contribution in [3.63, 3.8) is 0 Å². The summed E-state index contributed by atoms with van der Waals surface area (Å²) in [7, 11) is 0. The van der Waals surface area contributed by atoms with Gasteiger partial charge in [-0.05, 0) is 30.9 Å². The average molecular weight is 297 g/mol. The fourth-order valence-corrected chi connectivity index (χ4v) is 3.69. The summed E-state index contributed by atoms with van der Waals surface area (Å²) >= 11 is 1.71. The molecule has 6 heteroatoms. The first-order chi connectivity index (χ1) is 9.69. The molecule has 1 amide bonds. The minimum atomic E-state index is -0.251. The van der Waals surface area contributed by atoms with Crippen LogP contribution in [0.4, 0.5) is 0 Å². The molecule has 2 heterocycles. The Balaban J connectivity index is 2.21. The molecule has 112 valence electrons. The van der Waals surface area contributed by atoms with E-state index in [1.807, 2.05) is 6.92 Å². The fourth-order valence-electron chi connectivity index (χ4n) is 2.63. The average Bonchev–Trinajstić information content (AvgIpc) is 2.87. The number of likely N-dealkylation sites (N-methyl/N-ethyl adjacent to an activating group) is 1. The molecule has 2 unspecified atom stereocenters. The van der Waals surface area contributed by atoms with Crippen LogP contribution < -0.4 is 11.1 Å². The predicted octanol–water partition coefficient (Wildman–Crippen LogP) is 0.893. The Morgan fingerprint density at radius 1 is 1.70 bits per heavy atom. The van der Waals surface area contributed by atoms with E-state index in [1.165, 1.54) is 10.4 Å². The molecule has 1 aromatic heterocycles. The lowest BCUT2D eigenvalue weighted by Crippen LogP contribution is -2.55. The van der Waals surface area contributed by atoms with E-state index in [-0.39, 0.29) is 18.0 Å². The van der Waals surface area contributed by atoms with Crippen LogP contribution in [0, 0.1) is 6.92 Å². The van der Waals surface area contributed by atoms with Gasteiger partial charge in [0.15, 0.2) is 0 Å². The highest BCUT2D eigenvalue weighted by atomic mass is 32.1. The van der Waals surface area contributed by atoms with Crippen molar-refractivity contribution in [1.29, 1.82) is 0 Å². The van der Waals surface area contributed by atoms with Crippen LogP contribution in [-0.4, -0.2) is 49.7 Å². The van der Waals surface area contributed by atoms with Gasteiger partial charge in [0.05, 0.1) is 19.3 Å². The van der Waals surface area contributed by atoms with Crippen LogP contribution >= 0.6 is 11.3 Å². The van der Waals surface area contributed by atoms with Gasteiger partial charge in [-0.2, -0.15) is 0 Å². The number of nitrogens with one attached hydrogen (secondary N) is 1. The number of aryl methyl sites for hydroxylation is 1. The van der Waals surface area contributed by atoms with Gasteiger partial charge in [0.1, 0.15) is 6.04 Å². The first-order valence-electron chi connectivity index (χ1n) is 7.04. The van der Waals surface area contributed by atoms with Crippen LogP contribution in [0.25, 0.3) is 0 Å². The van der Waals surface area contributed by atoms with Crippen molar-refractivity contribution in [3.05, 3.63) is 21.9 Å². The van der Waals surface area contributed by atoms with Crippen molar-refractivity contribution < 1.29 is 9.53 Å². The number of ether oxygens (including phenoxy) is 1. The van der Waals surface area contributed by atoms with Gasteiger partial charge < -0.3 is 15.8 Å². The van der Waals surface area contributed by atoms with Gasteiger partial charge in [-0.15, -0.1) is 11.3 Å². The molecule has 0 bridgehead atoms. The Bertz CT molecular complexity index is 449. The topological polar surface area (TPSA) is 67.6 Å². The first-order valence-corrected chi connectivity index (χ1v) is 7.92. The molecule has 0 aliphatic carbocycles. The van der Waals surface area contributed by atoms with Crippen molar-refractivity contribution in [2.24, 2.45) is 5.73 Å². The summed E-state index contributed by atoms with van der Waals surface area (Å²) in [6.45, 7) is 6.99. The summed E-state index contributed by atoms with van der Waals surface area (Å²) in [6, 6.07) is 1.94. The number of thiophene rings is 1. The number of amides is 1. The second kappa shape index (κ2) is 7.17. The largest absolute Gasteiger partial charge is 0.378 e. The number of morpholine rings is 1. The quantitative estimate of drug-likeness (QED) is 0.847. The van der Waals surface area contributed by atoms with Crippen LogP contribution in [0.1, 0.15) is 23.4 Å². The van der Waals surface area contributed by atoms with Gasteiger partial charge >= 0.3 is 0 Å². The van der Waals surface area contributed by atoms with Crippen molar-refractivity contribution in [2.45, 2.75) is 25.9 Å². The normalized spacial score (nSPS) is 21.6. The van der Waals surface area contributed by atoms with Gasteiger partial charge in [-0.1, -0.05) is 0 Å². The molecule has 1 aromatic rings. The molecule has 3 N–H and O–H groups in total. The number of hydrogen-bond acceptors (Lipinski definition) is 5. The van der Waals surface area contributed by atoms with Crippen LogP contribution in [0.15, 0.2) is 11.4 Å². The van der Waals surface area contributed by atoms with E-state index in [1.54, 1.807) is 11.3 Å². The summed E-state index contributed by atoms with van der Waals surface area (Å²) in [6.07, 6.45) is 0. The number of rotatable bonds is 5. The van der Waals surface area contributed by atoms with Crippen molar-refractivity contribution >= 4 is 17.2 Å². The number of carbonyl (C=O) groups is 1. The highest BCUT2D eigenvalue weighted by Crippen LogP contribution is 2.30. The lowest BCUT2D eigenvalue weighted by molar-refractivity contribution is -0.134. The Hall–Kier alpha value is -0.950. The lowest BCUT2D eigenvalue weighted by Gasteiger charge is -2.39. The van der Waals surface area contributed by atoms with Crippen LogP contribution in [-0.2, 0) is 9.53 Å². The SMILES string of the molecule is CCNC(=O)C1COCCN1C(CN)c1sccc1C. The van der Waals surface area contributed by atoms with Gasteiger partial charge in [-0.25, -0.2) is 0 Å². The van der Waals surface area contributed by atoms with E-state index in [2.05, 4.69) is 28.6 Å². The Kier molecular flexibility index (Phi) is 5.54. The Labute approximate surface area is 124 Å². The first kappa shape index (κ1) is 15.4. The van der Waals surface area contributed by atoms with E-state index < -0.39 is 0 Å². The second-order valence-electron chi connectivity index (χ2n) is 4.94. The molecule has 5 nitrogen and oxygen atoms in total. The number of nitrogens with two attached hydrogens (primary N) is 1. The monoisotopic (exact) mass is 297 g/mol. The molecule has 2 rings (SSSR count). The lowest BCUT2D eigenvalue weighted by atomic mass is 10.1. The maximum Gasteiger partial charge on any atom is 0.239 e. The highest BCUT2D eigenvalue weighted by Gasteiger charge is 2.35. The number of hydrogen-bond donors (Lipinski definition) is 2. The summed E-state index contributed by atoms with van der Waals surface area (Å²) in [5.74, 6) is 0.0276. The molecular weight excluding hydrogens is 274 g/mol. The second-order valence-corrected chi connectivity index (χ2v) is 5.89. The maximum atomic E-state index is 12.2. The van der Waals surface area contributed by atoms with Gasteiger partial charge in [0.2, 0.25) is 5.91 Å². The zero-order chi connectivity index (χ0) is 14.5. The fraction of sp³-hybridized carbons (Fsp3) is 0.643. The zero-order valence-corrected chi connectivity index (χ0v) is 12.9.